The molecule has 1 heterocycles. The van der Waals surface area contributed by atoms with Gasteiger partial charge in [-0.3, -0.25) is 4.79 Å². The summed E-state index contributed by atoms with van der Waals surface area (Å²) in [5, 5.41) is 13.4. The number of rotatable bonds is 5. The highest BCUT2D eigenvalue weighted by Crippen LogP contribution is 2.31. The second-order valence-corrected chi connectivity index (χ2v) is 5.93. The molecule has 132 valence electrons. The second-order valence-electron chi connectivity index (χ2n) is 5.55. The molecule has 3 rings (SSSR count). The Labute approximate surface area is 154 Å². The van der Waals surface area contributed by atoms with Gasteiger partial charge >= 0.3 is 0 Å². The molecule has 0 saturated carbocycles. The van der Waals surface area contributed by atoms with Gasteiger partial charge in [0.1, 0.15) is 22.6 Å². The minimum Gasteiger partial charge on any atom is -0.495 e. The molecule has 0 aliphatic carbocycles. The van der Waals surface area contributed by atoms with Crippen molar-refractivity contribution >= 4 is 28.2 Å². The number of hydrogen-bond acceptors (Lipinski definition) is 5. The van der Waals surface area contributed by atoms with E-state index in [1.54, 1.807) is 30.3 Å². The van der Waals surface area contributed by atoms with Crippen LogP contribution in [0.3, 0.4) is 0 Å². The number of ether oxygens (including phenoxy) is 2. The molecule has 7 heteroatoms. The molecule has 0 radical (unpaired) electrons. The fourth-order valence-corrected chi connectivity index (χ4v) is 2.94. The Kier molecular flexibility index (Phi) is 5.01. The Bertz CT molecular complexity index is 1070. The largest absolute Gasteiger partial charge is 0.495 e. The number of halogens is 1. The van der Waals surface area contributed by atoms with Crippen LogP contribution in [-0.4, -0.2) is 19.2 Å². The first-order valence-corrected chi connectivity index (χ1v) is 8.15. The van der Waals surface area contributed by atoms with Crippen molar-refractivity contribution in [2.45, 2.75) is 6.54 Å². The summed E-state index contributed by atoms with van der Waals surface area (Å²) in [6.45, 7) is 0.310. The molecule has 2 N–H and O–H groups in total. The van der Waals surface area contributed by atoms with Crippen molar-refractivity contribution < 1.29 is 9.47 Å². The number of benzene rings is 2. The Balaban J connectivity index is 1.89. The van der Waals surface area contributed by atoms with Gasteiger partial charge in [-0.2, -0.15) is 5.26 Å². The van der Waals surface area contributed by atoms with E-state index >= 15 is 0 Å². The first kappa shape index (κ1) is 17.6. The Morgan fingerprint density at radius 1 is 1.15 bits per heavy atom. The van der Waals surface area contributed by atoms with Gasteiger partial charge in [0.2, 0.25) is 0 Å². The van der Waals surface area contributed by atoms with Crippen LogP contribution in [0.15, 0.2) is 41.2 Å². The second kappa shape index (κ2) is 7.38. The topological polar surface area (TPSA) is 87.1 Å². The molecule has 0 atom stereocenters. The highest BCUT2D eigenvalue weighted by atomic mass is 35.5. The van der Waals surface area contributed by atoms with E-state index in [4.69, 9.17) is 26.3 Å². The van der Waals surface area contributed by atoms with Gasteiger partial charge in [0.05, 0.1) is 25.3 Å². The predicted octanol–water partition coefficient (Wildman–Crippen LogP) is 3.68. The Morgan fingerprint density at radius 2 is 1.92 bits per heavy atom. The summed E-state index contributed by atoms with van der Waals surface area (Å²) >= 11 is 6.25. The van der Waals surface area contributed by atoms with Crippen molar-refractivity contribution in [2.24, 2.45) is 0 Å². The van der Waals surface area contributed by atoms with Gasteiger partial charge in [-0.1, -0.05) is 11.6 Å². The van der Waals surface area contributed by atoms with Crippen LogP contribution in [0.2, 0.25) is 5.02 Å². The molecular weight excluding hydrogens is 354 g/mol. The van der Waals surface area contributed by atoms with E-state index in [0.29, 0.717) is 39.7 Å². The number of nitrogens with zero attached hydrogens (tertiary/aromatic N) is 1. The SMILES string of the molecule is COc1cc(NCc2cc3ccc(OC)c(Cl)c3[nH]c2=O)ccc1C#N. The first-order chi connectivity index (χ1) is 12.6. The lowest BCUT2D eigenvalue weighted by Crippen LogP contribution is -2.16. The molecule has 0 spiro atoms. The summed E-state index contributed by atoms with van der Waals surface area (Å²) < 4.78 is 10.4. The smallest absolute Gasteiger partial charge is 0.253 e. The van der Waals surface area contributed by atoms with Crippen molar-refractivity contribution in [1.29, 1.82) is 5.26 Å². The van der Waals surface area contributed by atoms with Crippen LogP contribution in [0.1, 0.15) is 11.1 Å². The maximum Gasteiger partial charge on any atom is 0.253 e. The molecule has 0 amide bonds. The van der Waals surface area contributed by atoms with Gasteiger partial charge in [-0.05, 0) is 30.3 Å². The minimum absolute atomic E-state index is 0.235. The highest BCUT2D eigenvalue weighted by Gasteiger charge is 2.10. The van der Waals surface area contributed by atoms with Crippen LogP contribution in [0.5, 0.6) is 11.5 Å². The molecule has 26 heavy (non-hydrogen) atoms. The third-order valence-electron chi connectivity index (χ3n) is 4.02. The molecule has 2 aromatic carbocycles. The van der Waals surface area contributed by atoms with Crippen molar-refractivity contribution in [2.75, 3.05) is 19.5 Å². The zero-order valence-corrected chi connectivity index (χ0v) is 15.0. The van der Waals surface area contributed by atoms with Crippen LogP contribution < -0.4 is 20.3 Å². The molecule has 0 saturated heterocycles. The number of anilines is 1. The molecule has 6 nitrogen and oxygen atoms in total. The van der Waals surface area contributed by atoms with Crippen LogP contribution >= 0.6 is 11.6 Å². The minimum atomic E-state index is -0.235. The number of aromatic nitrogens is 1. The van der Waals surface area contributed by atoms with Crippen LogP contribution in [0.25, 0.3) is 10.9 Å². The van der Waals surface area contributed by atoms with Crippen LogP contribution in [0.4, 0.5) is 5.69 Å². The van der Waals surface area contributed by atoms with E-state index in [9.17, 15) is 4.79 Å². The molecule has 0 unspecified atom stereocenters. The summed E-state index contributed by atoms with van der Waals surface area (Å²) in [7, 11) is 3.03. The number of pyridine rings is 1. The summed E-state index contributed by atoms with van der Waals surface area (Å²) in [5.74, 6) is 0.981. The zero-order chi connectivity index (χ0) is 18.7. The van der Waals surface area contributed by atoms with Gasteiger partial charge in [0.25, 0.3) is 5.56 Å². The summed E-state index contributed by atoms with van der Waals surface area (Å²) in [6, 6.07) is 12.6. The maximum absolute atomic E-state index is 12.4. The zero-order valence-electron chi connectivity index (χ0n) is 14.2. The molecule has 0 aliphatic heterocycles. The number of methoxy groups -OCH3 is 2. The van der Waals surface area contributed by atoms with Gasteiger partial charge in [-0.25, -0.2) is 0 Å². The van der Waals surface area contributed by atoms with E-state index in [-0.39, 0.29) is 5.56 Å². The van der Waals surface area contributed by atoms with E-state index in [1.165, 1.54) is 14.2 Å². The van der Waals surface area contributed by atoms with E-state index in [1.807, 2.05) is 6.07 Å². The molecular formula is C19H16ClN3O3. The summed E-state index contributed by atoms with van der Waals surface area (Å²) in [4.78, 5) is 15.2. The van der Waals surface area contributed by atoms with Crippen LogP contribution in [0, 0.1) is 11.3 Å². The molecule has 0 bridgehead atoms. The van der Waals surface area contributed by atoms with Crippen molar-refractivity contribution in [1.82, 2.24) is 4.98 Å². The molecule has 0 aliphatic rings. The normalized spacial score (nSPS) is 10.4. The van der Waals surface area contributed by atoms with Crippen molar-refractivity contribution in [3.05, 3.63) is 62.9 Å². The Hall–Kier alpha value is -3.17. The van der Waals surface area contributed by atoms with Crippen molar-refractivity contribution in [3.63, 3.8) is 0 Å². The Morgan fingerprint density at radius 3 is 2.62 bits per heavy atom. The third kappa shape index (κ3) is 3.30. The monoisotopic (exact) mass is 369 g/mol. The fraction of sp³-hybridized carbons (Fsp3) is 0.158. The van der Waals surface area contributed by atoms with E-state index < -0.39 is 0 Å². The van der Waals surface area contributed by atoms with E-state index in [0.717, 1.165) is 11.1 Å². The molecule has 3 aromatic rings. The lowest BCUT2D eigenvalue weighted by Gasteiger charge is -2.11. The number of fused-ring (bicyclic) bond motifs is 1. The first-order valence-electron chi connectivity index (χ1n) is 7.77. The van der Waals surface area contributed by atoms with Gasteiger partial charge in [0, 0.05) is 29.2 Å². The maximum atomic E-state index is 12.4. The van der Waals surface area contributed by atoms with Gasteiger partial charge < -0.3 is 19.8 Å². The van der Waals surface area contributed by atoms with E-state index in [2.05, 4.69) is 16.4 Å². The summed E-state index contributed by atoms with van der Waals surface area (Å²) in [5.41, 5.74) is 2.06. The number of aromatic amines is 1. The number of nitrogens with one attached hydrogen (secondary N) is 2. The standard InChI is InChI=1S/C19H16ClN3O3/c1-25-15-6-4-11-7-13(19(24)23-18(11)17(15)20)10-22-14-5-3-12(9-21)16(8-14)26-2/h3-8,22H,10H2,1-2H3,(H,23,24). The average molecular weight is 370 g/mol. The van der Waals surface area contributed by atoms with Crippen LogP contribution in [-0.2, 0) is 6.54 Å². The third-order valence-corrected chi connectivity index (χ3v) is 4.40. The predicted molar refractivity (Wildman–Crippen MR) is 101 cm³/mol. The van der Waals surface area contributed by atoms with Gasteiger partial charge in [-0.15, -0.1) is 0 Å². The number of hydrogen-bond donors (Lipinski definition) is 2. The molecule has 1 aromatic heterocycles. The lowest BCUT2D eigenvalue weighted by atomic mass is 10.1. The van der Waals surface area contributed by atoms with Gasteiger partial charge in [0.15, 0.2) is 0 Å². The lowest BCUT2D eigenvalue weighted by molar-refractivity contribution is 0.413. The quantitative estimate of drug-likeness (QED) is 0.716. The molecule has 0 fully saturated rings. The highest BCUT2D eigenvalue weighted by molar-refractivity contribution is 6.36. The summed E-state index contributed by atoms with van der Waals surface area (Å²) in [6.07, 6.45) is 0. The fourth-order valence-electron chi connectivity index (χ4n) is 2.65. The number of nitriles is 1. The average Bonchev–Trinajstić information content (AvgIpc) is 2.67. The number of H-pyrrole nitrogens is 1. The van der Waals surface area contributed by atoms with Crippen molar-refractivity contribution in [3.8, 4) is 17.6 Å².